The Bertz CT molecular complexity index is 855. The van der Waals surface area contributed by atoms with Crippen molar-refractivity contribution in [1.82, 2.24) is 20.2 Å². The largest absolute Gasteiger partial charge is 0.507 e. The highest BCUT2D eigenvalue weighted by Gasteiger charge is 2.21. The van der Waals surface area contributed by atoms with Gasteiger partial charge in [0.25, 0.3) is 0 Å². The Morgan fingerprint density at radius 3 is 2.74 bits per heavy atom. The van der Waals surface area contributed by atoms with Crippen molar-refractivity contribution >= 4 is 16.9 Å². The maximum absolute atomic E-state index is 10.1. The van der Waals surface area contributed by atoms with Crippen molar-refractivity contribution in [3.63, 3.8) is 0 Å². The molecule has 4 rings (SSSR count). The average molecular weight is 311 g/mol. The lowest BCUT2D eigenvalue weighted by Gasteiger charge is -2.28. The summed E-state index contributed by atoms with van der Waals surface area (Å²) in [5.74, 6) is 1.47. The van der Waals surface area contributed by atoms with Gasteiger partial charge in [0.1, 0.15) is 11.6 Å². The SMILES string of the molecule is Cc1[nH]nc2nc(-c3ccccc3O)nc(N3CCOCC3)c12. The Kier molecular flexibility index (Phi) is 3.34. The number of aromatic hydroxyl groups is 1. The molecule has 0 bridgehead atoms. The van der Waals surface area contributed by atoms with Crippen molar-refractivity contribution in [1.29, 1.82) is 0 Å². The average Bonchev–Trinajstić information content (AvgIpc) is 2.96. The van der Waals surface area contributed by atoms with Gasteiger partial charge in [0.15, 0.2) is 11.5 Å². The molecule has 0 spiro atoms. The molecule has 23 heavy (non-hydrogen) atoms. The van der Waals surface area contributed by atoms with Gasteiger partial charge in [-0.1, -0.05) is 12.1 Å². The molecule has 1 aromatic carbocycles. The fraction of sp³-hybridized carbons (Fsp3) is 0.312. The van der Waals surface area contributed by atoms with Gasteiger partial charge in [-0.25, -0.2) is 9.97 Å². The summed E-state index contributed by atoms with van der Waals surface area (Å²) in [7, 11) is 0. The van der Waals surface area contributed by atoms with Gasteiger partial charge in [-0.15, -0.1) is 0 Å². The van der Waals surface area contributed by atoms with E-state index in [-0.39, 0.29) is 5.75 Å². The monoisotopic (exact) mass is 311 g/mol. The van der Waals surface area contributed by atoms with Crippen LogP contribution in [0.5, 0.6) is 5.75 Å². The lowest BCUT2D eigenvalue weighted by molar-refractivity contribution is 0.122. The Hall–Kier alpha value is -2.67. The molecule has 0 unspecified atom stereocenters. The number of benzene rings is 1. The number of aromatic amines is 1. The second-order valence-electron chi connectivity index (χ2n) is 5.53. The summed E-state index contributed by atoms with van der Waals surface area (Å²) < 4.78 is 5.43. The van der Waals surface area contributed by atoms with Gasteiger partial charge in [0.2, 0.25) is 0 Å². The van der Waals surface area contributed by atoms with E-state index in [0.29, 0.717) is 30.2 Å². The smallest absolute Gasteiger partial charge is 0.186 e. The first-order chi connectivity index (χ1) is 11.2. The van der Waals surface area contributed by atoms with Gasteiger partial charge in [0.05, 0.1) is 24.2 Å². The quantitative estimate of drug-likeness (QED) is 0.751. The number of nitrogens with one attached hydrogen (secondary N) is 1. The zero-order valence-corrected chi connectivity index (χ0v) is 12.8. The van der Waals surface area contributed by atoms with Crippen LogP contribution in [0.3, 0.4) is 0 Å². The molecule has 1 aliphatic rings. The van der Waals surface area contributed by atoms with Crippen LogP contribution < -0.4 is 4.90 Å². The molecule has 1 fully saturated rings. The molecule has 0 radical (unpaired) electrons. The van der Waals surface area contributed by atoms with Crippen LogP contribution in [0.4, 0.5) is 5.82 Å². The minimum atomic E-state index is 0.159. The van der Waals surface area contributed by atoms with Crippen LogP contribution in [0.25, 0.3) is 22.4 Å². The van der Waals surface area contributed by atoms with E-state index in [0.717, 1.165) is 30.0 Å². The Morgan fingerprint density at radius 2 is 1.96 bits per heavy atom. The van der Waals surface area contributed by atoms with E-state index < -0.39 is 0 Å². The molecule has 118 valence electrons. The molecule has 3 heterocycles. The standard InChI is InChI=1S/C16H17N5O2/c1-10-13-15(20-19-10)17-14(11-4-2-3-5-12(11)22)18-16(13)21-6-8-23-9-7-21/h2-5,22H,6-9H2,1H3,(H,17,18,19,20). The fourth-order valence-electron chi connectivity index (χ4n) is 2.83. The summed E-state index contributed by atoms with van der Waals surface area (Å²) in [4.78, 5) is 11.4. The third-order valence-electron chi connectivity index (χ3n) is 4.03. The van der Waals surface area contributed by atoms with Crippen molar-refractivity contribution in [2.24, 2.45) is 0 Å². The van der Waals surface area contributed by atoms with E-state index in [1.54, 1.807) is 18.2 Å². The minimum Gasteiger partial charge on any atom is -0.507 e. The Morgan fingerprint density at radius 1 is 1.17 bits per heavy atom. The first kappa shape index (κ1) is 14.0. The van der Waals surface area contributed by atoms with Crippen LogP contribution in [0, 0.1) is 6.92 Å². The fourth-order valence-corrected chi connectivity index (χ4v) is 2.83. The number of hydrogen-bond donors (Lipinski definition) is 2. The van der Waals surface area contributed by atoms with Crippen molar-refractivity contribution in [2.75, 3.05) is 31.2 Å². The highest BCUT2D eigenvalue weighted by Crippen LogP contribution is 2.32. The lowest BCUT2D eigenvalue weighted by atomic mass is 10.1. The number of morpholine rings is 1. The number of para-hydroxylation sites is 1. The number of H-pyrrole nitrogens is 1. The third kappa shape index (κ3) is 2.39. The van der Waals surface area contributed by atoms with E-state index in [1.165, 1.54) is 0 Å². The summed E-state index contributed by atoms with van der Waals surface area (Å²) >= 11 is 0. The van der Waals surface area contributed by atoms with E-state index >= 15 is 0 Å². The molecule has 0 saturated carbocycles. The second-order valence-corrected chi connectivity index (χ2v) is 5.53. The third-order valence-corrected chi connectivity index (χ3v) is 4.03. The molecule has 3 aromatic rings. The van der Waals surface area contributed by atoms with E-state index in [4.69, 9.17) is 9.72 Å². The van der Waals surface area contributed by atoms with E-state index in [9.17, 15) is 5.11 Å². The number of fused-ring (bicyclic) bond motifs is 1. The van der Waals surface area contributed by atoms with Gasteiger partial charge in [-0.3, -0.25) is 5.10 Å². The maximum atomic E-state index is 10.1. The number of hydrogen-bond acceptors (Lipinski definition) is 6. The number of aromatic nitrogens is 4. The molecule has 1 saturated heterocycles. The van der Waals surface area contributed by atoms with Crippen molar-refractivity contribution in [3.05, 3.63) is 30.0 Å². The number of ether oxygens (including phenoxy) is 1. The minimum absolute atomic E-state index is 0.159. The number of phenolic OH excluding ortho intramolecular Hbond substituents is 1. The molecular weight excluding hydrogens is 294 g/mol. The van der Waals surface area contributed by atoms with Gasteiger partial charge in [0, 0.05) is 18.8 Å². The Balaban J connectivity index is 1.92. The number of rotatable bonds is 2. The van der Waals surface area contributed by atoms with E-state index in [2.05, 4.69) is 20.1 Å². The van der Waals surface area contributed by atoms with Gasteiger partial charge in [-0.2, -0.15) is 5.10 Å². The van der Waals surface area contributed by atoms with Crippen LogP contribution in [0.15, 0.2) is 24.3 Å². The number of nitrogens with zero attached hydrogens (tertiary/aromatic N) is 4. The Labute approximate surface area is 132 Å². The maximum Gasteiger partial charge on any atom is 0.186 e. The molecule has 0 atom stereocenters. The summed E-state index contributed by atoms with van der Waals surface area (Å²) in [6.07, 6.45) is 0. The van der Waals surface area contributed by atoms with Crippen molar-refractivity contribution in [3.8, 4) is 17.1 Å². The number of aryl methyl sites for hydroxylation is 1. The van der Waals surface area contributed by atoms with Crippen molar-refractivity contribution < 1.29 is 9.84 Å². The molecule has 2 aromatic heterocycles. The zero-order chi connectivity index (χ0) is 15.8. The molecule has 2 N–H and O–H groups in total. The van der Waals surface area contributed by atoms with Gasteiger partial charge >= 0.3 is 0 Å². The molecule has 7 heteroatoms. The summed E-state index contributed by atoms with van der Waals surface area (Å²) in [6, 6.07) is 7.07. The summed E-state index contributed by atoms with van der Waals surface area (Å²) in [5, 5.41) is 18.3. The van der Waals surface area contributed by atoms with Gasteiger partial charge < -0.3 is 14.7 Å². The molecule has 0 amide bonds. The predicted octanol–water partition coefficient (Wildman–Crippen LogP) is 1.87. The zero-order valence-electron chi connectivity index (χ0n) is 12.8. The molecular formula is C16H17N5O2. The second kappa shape index (κ2) is 5.51. The predicted molar refractivity (Wildman–Crippen MR) is 86.6 cm³/mol. The normalized spacial score (nSPS) is 15.3. The van der Waals surface area contributed by atoms with Crippen molar-refractivity contribution in [2.45, 2.75) is 6.92 Å². The van der Waals surface area contributed by atoms with Gasteiger partial charge in [-0.05, 0) is 19.1 Å². The van der Waals surface area contributed by atoms with Crippen LogP contribution in [0.1, 0.15) is 5.69 Å². The number of phenols is 1. The highest BCUT2D eigenvalue weighted by molar-refractivity contribution is 5.91. The van der Waals surface area contributed by atoms with E-state index in [1.807, 2.05) is 13.0 Å². The summed E-state index contributed by atoms with van der Waals surface area (Å²) in [6.45, 7) is 4.86. The first-order valence-electron chi connectivity index (χ1n) is 7.58. The number of anilines is 1. The van der Waals surface area contributed by atoms with Crippen LogP contribution >= 0.6 is 0 Å². The highest BCUT2D eigenvalue weighted by atomic mass is 16.5. The summed E-state index contributed by atoms with van der Waals surface area (Å²) in [5.41, 5.74) is 2.15. The molecule has 0 aliphatic carbocycles. The molecule has 1 aliphatic heterocycles. The topological polar surface area (TPSA) is 87.2 Å². The van der Waals surface area contributed by atoms with Crippen LogP contribution in [-0.2, 0) is 4.74 Å². The molecule has 7 nitrogen and oxygen atoms in total. The van der Waals surface area contributed by atoms with Crippen LogP contribution in [-0.4, -0.2) is 51.6 Å². The van der Waals surface area contributed by atoms with Crippen LogP contribution in [0.2, 0.25) is 0 Å². The lowest BCUT2D eigenvalue weighted by Crippen LogP contribution is -2.37. The first-order valence-corrected chi connectivity index (χ1v) is 7.58.